The zero-order valence-electron chi connectivity index (χ0n) is 40.8. The van der Waals surface area contributed by atoms with Gasteiger partial charge >= 0.3 is 0 Å². The van der Waals surface area contributed by atoms with E-state index in [9.17, 15) is 0 Å². The van der Waals surface area contributed by atoms with Gasteiger partial charge in [0.05, 0.1) is 0 Å². The molecule has 0 spiro atoms. The largest absolute Gasteiger partial charge is 0.263 e. The molecule has 2 heteroatoms. The molecule has 0 bridgehead atoms. The number of benzene rings is 2. The van der Waals surface area contributed by atoms with Crippen LogP contribution in [0.3, 0.4) is 0 Å². The first kappa shape index (κ1) is 50.2. The quantitative estimate of drug-likeness (QED) is 0.184. The summed E-state index contributed by atoms with van der Waals surface area (Å²) in [6.45, 7) is 40.8. The zero-order valence-corrected chi connectivity index (χ0v) is 41.8. The van der Waals surface area contributed by atoms with Crippen LogP contribution in [0.25, 0.3) is 22.3 Å². The Morgan fingerprint density at radius 1 is 0.371 bits per heavy atom. The van der Waals surface area contributed by atoms with E-state index in [1.165, 1.54) is 22.3 Å². The van der Waals surface area contributed by atoms with Crippen LogP contribution < -0.4 is 0 Å². The van der Waals surface area contributed by atoms with Gasteiger partial charge in [0.25, 0.3) is 0 Å². The lowest BCUT2D eigenvalue weighted by Crippen LogP contribution is -2.43. The maximum atomic E-state index is 4.84. The maximum Gasteiger partial charge on any atom is 0.147 e. The van der Waals surface area contributed by atoms with Crippen molar-refractivity contribution in [3.63, 3.8) is 0 Å². The fourth-order valence-electron chi connectivity index (χ4n) is 7.43. The molecule has 0 atom stereocenters. The minimum atomic E-state index is -1.80. The minimum absolute atomic E-state index is 0.0503. The molecule has 3 aromatic rings. The number of aromatic nitrogens is 1. The molecule has 0 unspecified atom stereocenters. The summed E-state index contributed by atoms with van der Waals surface area (Å²) in [4.78, 5) is 4.84. The van der Waals surface area contributed by atoms with Gasteiger partial charge in [-0.3, -0.25) is 4.98 Å². The summed E-state index contributed by atoms with van der Waals surface area (Å²) >= 11 is 0. The third-order valence-electron chi connectivity index (χ3n) is 11.2. The molecule has 314 valence electrons. The van der Waals surface area contributed by atoms with Crippen LogP contribution >= 0.6 is 0 Å². The van der Waals surface area contributed by atoms with Crippen molar-refractivity contribution in [2.45, 2.75) is 163 Å². The van der Waals surface area contributed by atoms with E-state index in [1.54, 1.807) is 0 Å². The minimum Gasteiger partial charge on any atom is -0.263 e. The first-order valence-corrected chi connectivity index (χ1v) is 23.9. The average Bonchev–Trinajstić information content (AvgIpc) is 3.16. The molecule has 0 saturated heterocycles. The third kappa shape index (κ3) is 13.9. The normalized spacial score (nSPS) is 11.0. The highest BCUT2D eigenvalue weighted by molar-refractivity contribution is 6.90. The van der Waals surface area contributed by atoms with Gasteiger partial charge in [-0.05, 0) is 166 Å². The third-order valence-corrected chi connectivity index (χ3v) is 17.5. The van der Waals surface area contributed by atoms with Crippen LogP contribution in [0.4, 0.5) is 0 Å². The molecule has 0 amide bonds. The second-order valence-corrected chi connectivity index (χ2v) is 26.4. The summed E-state index contributed by atoms with van der Waals surface area (Å²) in [5.41, 5.74) is 15.1. The van der Waals surface area contributed by atoms with Crippen molar-refractivity contribution < 1.29 is 0 Å². The van der Waals surface area contributed by atoms with Crippen molar-refractivity contribution in [2.24, 2.45) is 0 Å². The van der Waals surface area contributed by atoms with Gasteiger partial charge in [-0.1, -0.05) is 167 Å². The number of hydrogen-bond acceptors (Lipinski definition) is 1. The van der Waals surface area contributed by atoms with Crippen LogP contribution in [0, 0.1) is 106 Å². The van der Waals surface area contributed by atoms with Crippen molar-refractivity contribution in [3.05, 3.63) is 76.6 Å². The van der Waals surface area contributed by atoms with E-state index in [2.05, 4.69) is 267 Å². The lowest BCUT2D eigenvalue weighted by molar-refractivity contribution is 0.568. The van der Waals surface area contributed by atoms with Gasteiger partial charge in [0.1, 0.15) is 8.07 Å². The van der Waals surface area contributed by atoms with Crippen molar-refractivity contribution in [2.75, 3.05) is 0 Å². The Labute approximate surface area is 379 Å². The summed E-state index contributed by atoms with van der Waals surface area (Å²) in [7, 11) is -1.80. The predicted octanol–water partition coefficient (Wildman–Crippen LogP) is 13.2. The van der Waals surface area contributed by atoms with E-state index < -0.39 is 8.07 Å². The zero-order chi connectivity index (χ0) is 46.5. The molecular formula is C60H65NSi. The molecular weight excluding hydrogens is 763 g/mol. The molecule has 0 aliphatic rings. The Hall–Kier alpha value is -6.15. The van der Waals surface area contributed by atoms with Gasteiger partial charge in [-0.15, -0.1) is 5.54 Å². The summed E-state index contributed by atoms with van der Waals surface area (Å²) in [6, 6.07) is 13.8. The second kappa shape index (κ2) is 21.1. The van der Waals surface area contributed by atoms with Gasteiger partial charge in [-0.2, -0.15) is 0 Å². The number of pyridine rings is 1. The summed E-state index contributed by atoms with van der Waals surface area (Å²) in [5.74, 6) is 48.1. The molecule has 3 rings (SSSR count). The van der Waals surface area contributed by atoms with Crippen LogP contribution in [-0.2, 0) is 21.7 Å². The summed E-state index contributed by atoms with van der Waals surface area (Å²) in [6.07, 6.45) is 3.87. The van der Waals surface area contributed by atoms with Gasteiger partial charge in [-0.25, -0.2) is 0 Å². The number of rotatable bonds is 5. The van der Waals surface area contributed by atoms with E-state index in [0.29, 0.717) is 16.6 Å². The van der Waals surface area contributed by atoms with Crippen molar-refractivity contribution in [1.29, 1.82) is 0 Å². The van der Waals surface area contributed by atoms with E-state index in [-0.39, 0.29) is 21.7 Å². The first-order chi connectivity index (χ1) is 28.8. The smallest absolute Gasteiger partial charge is 0.147 e. The van der Waals surface area contributed by atoms with Crippen LogP contribution in [0.5, 0.6) is 0 Å². The van der Waals surface area contributed by atoms with E-state index in [1.807, 2.05) is 12.4 Å². The highest BCUT2D eigenvalue weighted by Crippen LogP contribution is 2.41. The predicted molar refractivity (Wildman–Crippen MR) is 270 cm³/mol. The molecule has 0 radical (unpaired) electrons. The molecule has 1 aromatic heterocycles. The molecule has 2 aromatic carbocycles. The van der Waals surface area contributed by atoms with Gasteiger partial charge in [0, 0.05) is 29.1 Å². The Bertz CT molecular complexity index is 2560. The molecule has 62 heavy (non-hydrogen) atoms. The topological polar surface area (TPSA) is 12.9 Å². The molecule has 1 heterocycles. The SMILES string of the molecule is CC(C)[Si](C#CC#CC#CC#CC#CC#CC#CC#CC#Cc1c(-c2cc(C(C)(C)C)cc(C(C)(C)C)c2)cncc1-c1cc(C(C)(C)C)cc(C(C)(C)C)c1)(C(C)C)C(C)C. The van der Waals surface area contributed by atoms with Gasteiger partial charge in [0.15, 0.2) is 0 Å². The van der Waals surface area contributed by atoms with E-state index in [4.69, 9.17) is 4.98 Å². The molecule has 0 aliphatic carbocycles. The van der Waals surface area contributed by atoms with Crippen molar-refractivity contribution >= 4 is 8.07 Å². The number of nitrogens with zero attached hydrogens (tertiary/aromatic N) is 1. The highest BCUT2D eigenvalue weighted by Gasteiger charge is 2.41. The molecule has 0 N–H and O–H groups in total. The van der Waals surface area contributed by atoms with Crippen LogP contribution in [0.2, 0.25) is 16.6 Å². The van der Waals surface area contributed by atoms with Gasteiger partial charge < -0.3 is 0 Å². The van der Waals surface area contributed by atoms with Gasteiger partial charge in [0.2, 0.25) is 0 Å². The Kier molecular flexibility index (Phi) is 17.1. The lowest BCUT2D eigenvalue weighted by Gasteiger charge is -2.37. The van der Waals surface area contributed by atoms with Crippen molar-refractivity contribution in [3.8, 4) is 128 Å². The highest BCUT2D eigenvalue weighted by atomic mass is 28.3. The van der Waals surface area contributed by atoms with E-state index in [0.717, 1.165) is 27.8 Å². The van der Waals surface area contributed by atoms with Crippen molar-refractivity contribution in [1.82, 2.24) is 4.98 Å². The first-order valence-electron chi connectivity index (χ1n) is 21.6. The monoisotopic (exact) mass is 827 g/mol. The fraction of sp³-hybridized carbons (Fsp3) is 0.417. The average molecular weight is 828 g/mol. The molecule has 0 fully saturated rings. The lowest BCUT2D eigenvalue weighted by atomic mass is 9.77. The molecule has 0 aliphatic heterocycles. The molecule has 0 saturated carbocycles. The maximum absolute atomic E-state index is 4.84. The van der Waals surface area contributed by atoms with Crippen LogP contribution in [-0.4, -0.2) is 13.1 Å². The Balaban J connectivity index is 2.01. The second-order valence-electron chi connectivity index (χ2n) is 20.9. The fourth-order valence-corrected chi connectivity index (χ4v) is 12.6. The molecule has 1 nitrogen and oxygen atoms in total. The summed E-state index contributed by atoms with van der Waals surface area (Å²) < 4.78 is 0. The standard InChI is InChI=1S/C60H65NSi/c1-45(2)62(46(3)4,47(5)6)36-34-32-30-28-26-24-22-20-19-21-23-25-27-29-31-33-35-54-55(48-37-50(57(7,8)9)41-51(38-48)58(10,11)12)43-61-44-56(54)49-39-52(59(13,14)15)42-53(40-49)60(16,17)18/h37-47H,1-18H3. The van der Waals surface area contributed by atoms with Crippen LogP contribution in [0.15, 0.2) is 48.8 Å². The van der Waals surface area contributed by atoms with Crippen LogP contribution in [0.1, 0.15) is 152 Å². The number of hydrogen-bond donors (Lipinski definition) is 0. The summed E-state index contributed by atoms with van der Waals surface area (Å²) in [5, 5.41) is 0. The Morgan fingerprint density at radius 2 is 0.629 bits per heavy atom. The Morgan fingerprint density at radius 3 is 0.887 bits per heavy atom. The van der Waals surface area contributed by atoms with E-state index >= 15 is 0 Å².